The number of nitrogens with zero attached hydrogens (tertiary/aromatic N) is 2. The fourth-order valence-corrected chi connectivity index (χ4v) is 7.40. The molecule has 2 unspecified atom stereocenters. The molecule has 5 rings (SSSR count). The number of hydrogen-bond acceptors (Lipinski definition) is 10. The van der Waals surface area contributed by atoms with Crippen LogP contribution in [0.4, 0.5) is 15.3 Å². The van der Waals surface area contributed by atoms with E-state index in [1.807, 2.05) is 30.3 Å². The Hall–Kier alpha value is -3.27. The molecular weight excluding hydrogens is 642 g/mol. The van der Waals surface area contributed by atoms with Crippen LogP contribution in [-0.4, -0.2) is 93.2 Å². The number of ether oxygens (including phenoxy) is 4. The van der Waals surface area contributed by atoms with E-state index in [4.69, 9.17) is 23.8 Å². The lowest BCUT2D eigenvalue weighted by molar-refractivity contribution is -0.145. The number of alkyl carbamates (subject to hydrolysis) is 1. The lowest BCUT2D eigenvalue weighted by atomic mass is 10.0. The molecular formula is C34H47N3O10S. The quantitative estimate of drug-likeness (QED) is 0.307. The number of aliphatic hydroxyl groups excluding tert-OH is 1. The van der Waals surface area contributed by atoms with Gasteiger partial charge in [-0.05, 0) is 70.2 Å². The molecule has 1 saturated carbocycles. The van der Waals surface area contributed by atoms with Gasteiger partial charge in [0.1, 0.15) is 11.7 Å². The molecule has 2 amide bonds. The van der Waals surface area contributed by atoms with Crippen LogP contribution in [0.3, 0.4) is 0 Å². The predicted molar refractivity (Wildman–Crippen MR) is 175 cm³/mol. The SMILES string of the molecule is CN(C(=O)OC(C)(C)C)c1cccc(S(=O)(=O)N(C[C@@H](O)C(Cc2ccccc2)NC(=O)OC2CO[C@H]3OCC[C@@H]23)OC2CCCC2)c1. The summed E-state index contributed by atoms with van der Waals surface area (Å²) in [6, 6.07) is 14.2. The molecule has 2 heterocycles. The summed E-state index contributed by atoms with van der Waals surface area (Å²) in [5.74, 6) is -0.0705. The van der Waals surface area contributed by atoms with Crippen molar-refractivity contribution in [3.8, 4) is 0 Å². The zero-order valence-corrected chi connectivity index (χ0v) is 28.8. The largest absolute Gasteiger partial charge is 0.443 e. The van der Waals surface area contributed by atoms with Gasteiger partial charge in [0.25, 0.3) is 10.0 Å². The first-order valence-corrected chi connectivity index (χ1v) is 17.9. The van der Waals surface area contributed by atoms with Crippen molar-refractivity contribution in [1.29, 1.82) is 0 Å². The number of sulfonamides is 1. The monoisotopic (exact) mass is 689 g/mol. The number of hydroxylamine groups is 1. The molecule has 0 radical (unpaired) electrons. The van der Waals surface area contributed by atoms with Crippen LogP contribution in [0.15, 0.2) is 59.5 Å². The lowest BCUT2D eigenvalue weighted by Crippen LogP contribution is -2.51. The normalized spacial score (nSPS) is 22.7. The molecule has 13 nitrogen and oxygen atoms in total. The third-order valence-corrected chi connectivity index (χ3v) is 10.3. The van der Waals surface area contributed by atoms with E-state index in [0.29, 0.717) is 31.6 Å². The molecule has 2 aromatic carbocycles. The Morgan fingerprint density at radius 2 is 1.77 bits per heavy atom. The van der Waals surface area contributed by atoms with Crippen molar-refractivity contribution in [2.75, 3.05) is 31.7 Å². The van der Waals surface area contributed by atoms with Crippen molar-refractivity contribution in [3.05, 3.63) is 60.2 Å². The highest BCUT2D eigenvalue weighted by atomic mass is 32.2. The van der Waals surface area contributed by atoms with Gasteiger partial charge in [0.15, 0.2) is 6.29 Å². The van der Waals surface area contributed by atoms with E-state index < -0.39 is 58.9 Å². The van der Waals surface area contributed by atoms with Crippen molar-refractivity contribution in [2.45, 2.75) is 100 Å². The fourth-order valence-electron chi connectivity index (χ4n) is 6.07. The molecule has 3 fully saturated rings. The predicted octanol–water partition coefficient (Wildman–Crippen LogP) is 4.38. The number of nitrogens with one attached hydrogen (secondary N) is 1. The summed E-state index contributed by atoms with van der Waals surface area (Å²) >= 11 is 0. The van der Waals surface area contributed by atoms with E-state index in [2.05, 4.69) is 5.32 Å². The second-order valence-corrected chi connectivity index (χ2v) is 15.3. The average Bonchev–Trinajstić information content (AvgIpc) is 3.81. The Balaban J connectivity index is 1.36. The second-order valence-electron chi connectivity index (χ2n) is 13.5. The van der Waals surface area contributed by atoms with E-state index in [1.54, 1.807) is 26.8 Å². The number of benzene rings is 2. The molecule has 3 aliphatic rings. The maximum Gasteiger partial charge on any atom is 0.414 e. The molecule has 0 bridgehead atoms. The molecule has 0 spiro atoms. The first-order valence-electron chi connectivity index (χ1n) is 16.5. The van der Waals surface area contributed by atoms with E-state index in [-0.39, 0.29) is 29.9 Å². The topological polar surface area (TPSA) is 153 Å². The van der Waals surface area contributed by atoms with E-state index in [9.17, 15) is 23.1 Å². The molecule has 2 saturated heterocycles. The van der Waals surface area contributed by atoms with E-state index >= 15 is 0 Å². The van der Waals surface area contributed by atoms with Crippen molar-refractivity contribution in [2.24, 2.45) is 5.92 Å². The highest BCUT2D eigenvalue weighted by molar-refractivity contribution is 7.89. The third-order valence-electron chi connectivity index (χ3n) is 8.65. The van der Waals surface area contributed by atoms with Crippen LogP contribution in [0.1, 0.15) is 58.4 Å². The third kappa shape index (κ3) is 9.24. The maximum absolute atomic E-state index is 14.2. The Labute approximate surface area is 282 Å². The molecule has 2 aromatic rings. The molecule has 0 aromatic heterocycles. The summed E-state index contributed by atoms with van der Waals surface area (Å²) < 4.78 is 51.5. The van der Waals surface area contributed by atoms with Crippen LogP contribution in [0.5, 0.6) is 0 Å². The number of rotatable bonds is 12. The molecule has 264 valence electrons. The van der Waals surface area contributed by atoms with Gasteiger partial charge in [-0.15, -0.1) is 0 Å². The van der Waals surface area contributed by atoms with E-state index in [1.165, 1.54) is 30.1 Å². The number of amides is 2. The Bertz CT molecular complexity index is 1500. The zero-order valence-electron chi connectivity index (χ0n) is 27.9. The summed E-state index contributed by atoms with van der Waals surface area (Å²) in [5.41, 5.74) is 0.370. The summed E-state index contributed by atoms with van der Waals surface area (Å²) in [6.07, 6.45) is -0.0550. The van der Waals surface area contributed by atoms with Crippen LogP contribution in [-0.2, 0) is 40.2 Å². The fraction of sp³-hybridized carbons (Fsp3) is 0.588. The number of carbonyl (C=O) groups is 2. The minimum atomic E-state index is -4.37. The standard InChI is InChI=1S/C34H47N3O10S/c1-34(2,3)46-33(40)36(4)24-13-10-16-26(20-24)48(41,42)37(47-25-14-8-9-15-25)21-29(38)28(19-23-11-6-5-7-12-23)35-32(39)45-30-22-44-31-27(30)17-18-43-31/h5-7,10-13,16,20,25,27-31,38H,8-9,14-15,17-19,21-22H2,1-4H3,(H,35,39)/t27-,28?,29+,30?,31+/m0/s1. The highest BCUT2D eigenvalue weighted by Gasteiger charge is 2.44. The van der Waals surface area contributed by atoms with Gasteiger partial charge in [0.2, 0.25) is 0 Å². The van der Waals surface area contributed by atoms with Crippen LogP contribution in [0.2, 0.25) is 0 Å². The van der Waals surface area contributed by atoms with Crippen LogP contribution >= 0.6 is 0 Å². The van der Waals surface area contributed by atoms with Crippen LogP contribution < -0.4 is 10.2 Å². The molecule has 5 atom stereocenters. The minimum Gasteiger partial charge on any atom is -0.443 e. The smallest absolute Gasteiger partial charge is 0.414 e. The lowest BCUT2D eigenvalue weighted by Gasteiger charge is -2.31. The van der Waals surface area contributed by atoms with Gasteiger partial charge >= 0.3 is 12.2 Å². The number of anilines is 1. The highest BCUT2D eigenvalue weighted by Crippen LogP contribution is 2.33. The summed E-state index contributed by atoms with van der Waals surface area (Å²) in [6.45, 7) is 5.48. The van der Waals surface area contributed by atoms with Gasteiger partial charge in [0, 0.05) is 12.7 Å². The van der Waals surface area contributed by atoms with Gasteiger partial charge in [-0.2, -0.15) is 0 Å². The number of carbonyl (C=O) groups excluding carboxylic acids is 2. The van der Waals surface area contributed by atoms with Gasteiger partial charge in [-0.1, -0.05) is 53.7 Å². The van der Waals surface area contributed by atoms with Crippen LogP contribution in [0.25, 0.3) is 0 Å². The number of hydrogen-bond donors (Lipinski definition) is 2. The van der Waals surface area contributed by atoms with Crippen molar-refractivity contribution in [3.63, 3.8) is 0 Å². The Kier molecular flexibility index (Phi) is 11.6. The van der Waals surface area contributed by atoms with Gasteiger partial charge in [-0.3, -0.25) is 9.74 Å². The Morgan fingerprint density at radius 3 is 2.48 bits per heavy atom. The van der Waals surface area contributed by atoms with Crippen molar-refractivity contribution >= 4 is 27.9 Å². The molecule has 48 heavy (non-hydrogen) atoms. The number of fused-ring (bicyclic) bond motifs is 1. The zero-order chi connectivity index (χ0) is 34.5. The Morgan fingerprint density at radius 1 is 1.04 bits per heavy atom. The minimum absolute atomic E-state index is 0.0705. The molecule has 2 aliphatic heterocycles. The van der Waals surface area contributed by atoms with Gasteiger partial charge in [0.05, 0.1) is 48.8 Å². The average molecular weight is 690 g/mol. The molecule has 1 aliphatic carbocycles. The summed E-state index contributed by atoms with van der Waals surface area (Å²) in [5, 5.41) is 14.4. The van der Waals surface area contributed by atoms with Crippen LogP contribution in [0, 0.1) is 5.92 Å². The van der Waals surface area contributed by atoms with Crippen molar-refractivity contribution in [1.82, 2.24) is 9.79 Å². The first kappa shape index (κ1) is 36.0. The number of aliphatic hydroxyl groups is 1. The van der Waals surface area contributed by atoms with Gasteiger partial charge < -0.3 is 29.4 Å². The van der Waals surface area contributed by atoms with E-state index in [0.717, 1.165) is 22.9 Å². The summed E-state index contributed by atoms with van der Waals surface area (Å²) in [7, 11) is -2.87. The summed E-state index contributed by atoms with van der Waals surface area (Å²) in [4.78, 5) is 33.1. The first-order chi connectivity index (χ1) is 22.8. The molecule has 14 heteroatoms. The van der Waals surface area contributed by atoms with Crippen molar-refractivity contribution < 1.29 is 46.9 Å². The maximum atomic E-state index is 14.2. The van der Waals surface area contributed by atoms with Gasteiger partial charge in [-0.25, -0.2) is 18.0 Å². The second kappa shape index (κ2) is 15.5. The molecule has 2 N–H and O–H groups in total.